The van der Waals surface area contributed by atoms with Gasteiger partial charge in [0.05, 0.1) is 0 Å². The number of aryl methyl sites for hydroxylation is 1. The molecule has 1 aromatic carbocycles. The molecule has 0 saturated heterocycles. The maximum Gasteiger partial charge on any atom is 0.143 e. The van der Waals surface area contributed by atoms with Crippen LogP contribution in [-0.4, -0.2) is 5.78 Å². The van der Waals surface area contributed by atoms with E-state index in [0.29, 0.717) is 17.6 Å². The first-order valence-corrected chi connectivity index (χ1v) is 9.39. The van der Waals surface area contributed by atoms with Gasteiger partial charge in [0, 0.05) is 11.8 Å². The Hall–Kier alpha value is -1.89. The summed E-state index contributed by atoms with van der Waals surface area (Å²) in [6, 6.07) is 8.77. The van der Waals surface area contributed by atoms with Crippen molar-refractivity contribution in [3.63, 3.8) is 0 Å². The highest BCUT2D eigenvalue weighted by Gasteiger charge is 2.38. The molecule has 1 aromatic rings. The van der Waals surface area contributed by atoms with Crippen LogP contribution in [0.4, 0.5) is 0 Å². The van der Waals surface area contributed by atoms with Crippen molar-refractivity contribution in [2.24, 2.45) is 17.8 Å². The number of hydrogen-bond acceptors (Lipinski definition) is 1. The lowest BCUT2D eigenvalue weighted by molar-refractivity contribution is -0.126. The third-order valence-corrected chi connectivity index (χ3v) is 6.04. The molecule has 124 valence electrons. The van der Waals surface area contributed by atoms with Crippen molar-refractivity contribution in [2.45, 2.75) is 45.4 Å². The van der Waals surface area contributed by atoms with Crippen LogP contribution in [0.25, 0.3) is 5.57 Å². The molecule has 0 bridgehead atoms. The highest BCUT2D eigenvalue weighted by molar-refractivity contribution is 5.89. The lowest BCUT2D eigenvalue weighted by Gasteiger charge is -2.22. The van der Waals surface area contributed by atoms with Crippen molar-refractivity contribution in [2.75, 3.05) is 0 Å². The maximum atomic E-state index is 13.2. The molecule has 0 radical (unpaired) electrons. The van der Waals surface area contributed by atoms with Gasteiger partial charge in [-0.15, -0.1) is 0 Å². The topological polar surface area (TPSA) is 17.1 Å². The Morgan fingerprint density at radius 2 is 1.83 bits per heavy atom. The van der Waals surface area contributed by atoms with Gasteiger partial charge < -0.3 is 0 Å². The SMILES string of the molecule is Cc1ccc(C2=CC(C(=O)C3CCCC3)C(C3=CC=CC3)C2)cc1. The van der Waals surface area contributed by atoms with Gasteiger partial charge in [-0.25, -0.2) is 0 Å². The first kappa shape index (κ1) is 15.6. The largest absolute Gasteiger partial charge is 0.299 e. The molecular formula is C23H26O. The maximum absolute atomic E-state index is 13.2. The van der Waals surface area contributed by atoms with Gasteiger partial charge >= 0.3 is 0 Å². The lowest BCUT2D eigenvalue weighted by Crippen LogP contribution is -2.25. The fourth-order valence-corrected chi connectivity index (χ4v) is 4.61. The molecule has 1 saturated carbocycles. The smallest absolute Gasteiger partial charge is 0.143 e. The Morgan fingerprint density at radius 1 is 1.08 bits per heavy atom. The van der Waals surface area contributed by atoms with Gasteiger partial charge in [0.2, 0.25) is 0 Å². The van der Waals surface area contributed by atoms with Gasteiger partial charge in [-0.3, -0.25) is 4.79 Å². The van der Waals surface area contributed by atoms with E-state index in [0.717, 1.165) is 25.7 Å². The summed E-state index contributed by atoms with van der Waals surface area (Å²) >= 11 is 0. The van der Waals surface area contributed by atoms with Crippen LogP contribution in [0.5, 0.6) is 0 Å². The van der Waals surface area contributed by atoms with E-state index < -0.39 is 0 Å². The van der Waals surface area contributed by atoms with Crippen LogP contribution < -0.4 is 0 Å². The molecule has 2 unspecified atom stereocenters. The molecule has 0 heterocycles. The molecule has 3 aliphatic carbocycles. The van der Waals surface area contributed by atoms with Gasteiger partial charge in [-0.2, -0.15) is 0 Å². The monoisotopic (exact) mass is 318 g/mol. The van der Waals surface area contributed by atoms with E-state index in [1.54, 1.807) is 0 Å². The van der Waals surface area contributed by atoms with Crippen LogP contribution in [0, 0.1) is 24.7 Å². The minimum absolute atomic E-state index is 0.0931. The van der Waals surface area contributed by atoms with Crippen molar-refractivity contribution in [3.8, 4) is 0 Å². The number of ketones is 1. The van der Waals surface area contributed by atoms with Crippen LogP contribution >= 0.6 is 0 Å². The summed E-state index contributed by atoms with van der Waals surface area (Å²) in [6.07, 6.45) is 15.6. The number of benzene rings is 1. The zero-order valence-electron chi connectivity index (χ0n) is 14.5. The predicted molar refractivity (Wildman–Crippen MR) is 99.6 cm³/mol. The average Bonchev–Trinajstić information content (AvgIpc) is 3.34. The second-order valence-electron chi connectivity index (χ2n) is 7.65. The van der Waals surface area contributed by atoms with Crippen molar-refractivity contribution in [3.05, 3.63) is 65.3 Å². The van der Waals surface area contributed by atoms with Crippen molar-refractivity contribution < 1.29 is 4.79 Å². The Kier molecular flexibility index (Phi) is 4.26. The molecule has 0 aromatic heterocycles. The normalized spacial score (nSPS) is 26.7. The summed E-state index contributed by atoms with van der Waals surface area (Å²) < 4.78 is 0. The van der Waals surface area contributed by atoms with Crippen LogP contribution in [0.3, 0.4) is 0 Å². The molecule has 1 fully saturated rings. The first-order chi connectivity index (χ1) is 11.7. The van der Waals surface area contributed by atoms with E-state index in [2.05, 4.69) is 55.5 Å². The summed E-state index contributed by atoms with van der Waals surface area (Å²) in [6.45, 7) is 2.12. The zero-order valence-corrected chi connectivity index (χ0v) is 14.5. The van der Waals surface area contributed by atoms with Crippen LogP contribution in [0.15, 0.2) is 54.1 Å². The molecule has 0 N–H and O–H groups in total. The predicted octanol–water partition coefficient (Wildman–Crippen LogP) is 5.66. The summed E-state index contributed by atoms with van der Waals surface area (Å²) in [5, 5.41) is 0. The quantitative estimate of drug-likeness (QED) is 0.700. The summed E-state index contributed by atoms with van der Waals surface area (Å²) in [4.78, 5) is 13.2. The van der Waals surface area contributed by atoms with Crippen molar-refractivity contribution in [1.29, 1.82) is 0 Å². The van der Waals surface area contributed by atoms with Crippen molar-refractivity contribution >= 4 is 11.4 Å². The van der Waals surface area contributed by atoms with Crippen LogP contribution in [0.1, 0.15) is 49.7 Å². The minimum Gasteiger partial charge on any atom is -0.299 e. The van der Waals surface area contributed by atoms with Crippen molar-refractivity contribution in [1.82, 2.24) is 0 Å². The first-order valence-electron chi connectivity index (χ1n) is 9.39. The molecule has 2 atom stereocenters. The lowest BCUT2D eigenvalue weighted by atomic mass is 9.80. The highest BCUT2D eigenvalue weighted by Crippen LogP contribution is 2.45. The van der Waals surface area contributed by atoms with E-state index in [4.69, 9.17) is 0 Å². The Morgan fingerprint density at radius 3 is 2.50 bits per heavy atom. The number of hydrogen-bond donors (Lipinski definition) is 0. The molecule has 3 aliphatic rings. The zero-order chi connectivity index (χ0) is 16.5. The molecular weight excluding hydrogens is 292 g/mol. The Balaban J connectivity index is 1.62. The van der Waals surface area contributed by atoms with E-state index in [-0.39, 0.29) is 5.92 Å². The van der Waals surface area contributed by atoms with Gasteiger partial charge in [-0.05, 0) is 49.7 Å². The third kappa shape index (κ3) is 2.92. The standard InChI is InChI=1S/C23H26O/c1-16-10-12-17(13-11-16)20-14-21(18-6-2-3-7-18)22(15-20)23(24)19-8-4-5-9-19/h2-3,6,10-13,15,19,21-22H,4-5,7-9,14H2,1H3. The second-order valence-corrected chi connectivity index (χ2v) is 7.65. The average molecular weight is 318 g/mol. The number of rotatable bonds is 4. The fraction of sp³-hybridized carbons (Fsp3) is 0.435. The minimum atomic E-state index is 0.0931. The molecule has 24 heavy (non-hydrogen) atoms. The second kappa shape index (κ2) is 6.55. The van der Waals surface area contributed by atoms with Gasteiger partial charge in [0.25, 0.3) is 0 Å². The Labute approximate surface area is 145 Å². The molecule has 1 nitrogen and oxygen atoms in total. The number of allylic oxidation sites excluding steroid dienone is 6. The van der Waals surface area contributed by atoms with Crippen LogP contribution in [0.2, 0.25) is 0 Å². The fourth-order valence-electron chi connectivity index (χ4n) is 4.61. The van der Waals surface area contributed by atoms with E-state index in [9.17, 15) is 4.79 Å². The van der Waals surface area contributed by atoms with E-state index in [1.165, 1.54) is 35.1 Å². The summed E-state index contributed by atoms with van der Waals surface area (Å²) in [7, 11) is 0. The molecule has 4 rings (SSSR count). The van der Waals surface area contributed by atoms with E-state index in [1.807, 2.05) is 0 Å². The van der Waals surface area contributed by atoms with E-state index >= 15 is 0 Å². The summed E-state index contributed by atoms with van der Waals surface area (Å²) in [5.41, 5.74) is 5.39. The van der Waals surface area contributed by atoms with Gasteiger partial charge in [0.15, 0.2) is 0 Å². The molecule has 0 aliphatic heterocycles. The van der Waals surface area contributed by atoms with Gasteiger partial charge in [0.1, 0.15) is 5.78 Å². The molecule has 0 amide bonds. The van der Waals surface area contributed by atoms with Crippen LogP contribution in [-0.2, 0) is 4.79 Å². The third-order valence-electron chi connectivity index (χ3n) is 6.04. The number of carbonyl (C=O) groups excluding carboxylic acids is 1. The summed E-state index contributed by atoms with van der Waals surface area (Å²) in [5.74, 6) is 1.29. The Bertz CT molecular complexity index is 711. The molecule has 1 heteroatoms. The van der Waals surface area contributed by atoms with Gasteiger partial charge in [-0.1, -0.05) is 72.5 Å². The molecule has 0 spiro atoms. The number of carbonyl (C=O) groups is 1. The number of Topliss-reactive ketones (excluding diaryl/α,β-unsaturated/α-hetero) is 1. The highest BCUT2D eigenvalue weighted by atomic mass is 16.1.